The molecular formula is C11H11N3O2. The van der Waals surface area contributed by atoms with E-state index in [1.807, 2.05) is 6.92 Å². The number of rotatable bonds is 2. The molecule has 0 unspecified atom stereocenters. The molecule has 2 heterocycles. The lowest BCUT2D eigenvalue weighted by molar-refractivity contribution is 0.0697. The highest BCUT2D eigenvalue weighted by atomic mass is 16.4. The van der Waals surface area contributed by atoms with Gasteiger partial charge in [0.05, 0.1) is 11.8 Å². The maximum atomic E-state index is 11.0. The van der Waals surface area contributed by atoms with E-state index in [0.717, 1.165) is 11.3 Å². The first-order valence-electron chi connectivity index (χ1n) is 4.77. The van der Waals surface area contributed by atoms with Gasteiger partial charge in [-0.3, -0.25) is 9.67 Å². The Balaban J connectivity index is 2.62. The lowest BCUT2D eigenvalue weighted by Gasteiger charge is -2.03. The van der Waals surface area contributed by atoms with Gasteiger partial charge in [-0.1, -0.05) is 0 Å². The van der Waals surface area contributed by atoms with Gasteiger partial charge in [0.15, 0.2) is 0 Å². The van der Waals surface area contributed by atoms with Gasteiger partial charge in [-0.15, -0.1) is 0 Å². The van der Waals surface area contributed by atoms with E-state index < -0.39 is 5.97 Å². The third-order valence-corrected chi connectivity index (χ3v) is 2.29. The summed E-state index contributed by atoms with van der Waals surface area (Å²) in [4.78, 5) is 15.0. The standard InChI is InChI=1S/C11H11N3O2/c1-7-3-9(8-4-13-14(2)6-8)10(5-12-7)11(15)16/h3-6H,1-2H3,(H,15,16). The highest BCUT2D eigenvalue weighted by Gasteiger charge is 2.13. The number of aromatic nitrogens is 3. The fourth-order valence-corrected chi connectivity index (χ4v) is 1.53. The van der Waals surface area contributed by atoms with Crippen molar-refractivity contribution in [2.75, 3.05) is 0 Å². The van der Waals surface area contributed by atoms with Crippen LogP contribution in [0.4, 0.5) is 0 Å². The third-order valence-electron chi connectivity index (χ3n) is 2.29. The fraction of sp³-hybridized carbons (Fsp3) is 0.182. The Morgan fingerprint density at radius 1 is 1.44 bits per heavy atom. The molecule has 16 heavy (non-hydrogen) atoms. The first-order valence-corrected chi connectivity index (χ1v) is 4.77. The van der Waals surface area contributed by atoms with E-state index in [2.05, 4.69) is 10.1 Å². The molecule has 2 rings (SSSR count). The lowest BCUT2D eigenvalue weighted by Crippen LogP contribution is -2.01. The van der Waals surface area contributed by atoms with Crippen LogP contribution < -0.4 is 0 Å². The lowest BCUT2D eigenvalue weighted by atomic mass is 10.0. The number of aryl methyl sites for hydroxylation is 2. The van der Waals surface area contributed by atoms with Crippen LogP contribution in [0.2, 0.25) is 0 Å². The second-order valence-electron chi connectivity index (χ2n) is 3.58. The van der Waals surface area contributed by atoms with Gasteiger partial charge < -0.3 is 5.11 Å². The summed E-state index contributed by atoms with van der Waals surface area (Å²) in [5.41, 5.74) is 2.40. The summed E-state index contributed by atoms with van der Waals surface area (Å²) in [7, 11) is 1.79. The Morgan fingerprint density at radius 2 is 2.19 bits per heavy atom. The second-order valence-corrected chi connectivity index (χ2v) is 3.58. The predicted octanol–water partition coefficient (Wildman–Crippen LogP) is 1.49. The largest absolute Gasteiger partial charge is 0.478 e. The van der Waals surface area contributed by atoms with Crippen molar-refractivity contribution < 1.29 is 9.90 Å². The molecule has 0 saturated carbocycles. The number of pyridine rings is 1. The minimum atomic E-state index is -0.980. The molecular weight excluding hydrogens is 206 g/mol. The number of nitrogens with zero attached hydrogens (tertiary/aromatic N) is 3. The first kappa shape index (κ1) is 10.4. The molecule has 0 aliphatic rings. The van der Waals surface area contributed by atoms with Crippen molar-refractivity contribution in [3.63, 3.8) is 0 Å². The van der Waals surface area contributed by atoms with E-state index in [1.54, 1.807) is 30.2 Å². The van der Waals surface area contributed by atoms with Gasteiger partial charge in [-0.2, -0.15) is 5.10 Å². The van der Waals surface area contributed by atoms with Crippen molar-refractivity contribution in [1.82, 2.24) is 14.8 Å². The van der Waals surface area contributed by atoms with Gasteiger partial charge in [-0.25, -0.2) is 4.79 Å². The van der Waals surface area contributed by atoms with E-state index in [4.69, 9.17) is 5.11 Å². The molecule has 2 aromatic rings. The molecule has 1 N–H and O–H groups in total. The average Bonchev–Trinajstić information content (AvgIpc) is 2.64. The van der Waals surface area contributed by atoms with Crippen LogP contribution in [0, 0.1) is 6.92 Å². The summed E-state index contributed by atoms with van der Waals surface area (Å²) in [6.45, 7) is 1.82. The molecule has 2 aromatic heterocycles. The van der Waals surface area contributed by atoms with Gasteiger partial charge in [0.1, 0.15) is 0 Å². The summed E-state index contributed by atoms with van der Waals surface area (Å²) < 4.78 is 1.64. The number of carboxylic acid groups (broad SMARTS) is 1. The highest BCUT2D eigenvalue weighted by molar-refractivity contribution is 5.95. The SMILES string of the molecule is Cc1cc(-c2cnn(C)c2)c(C(=O)O)cn1. The zero-order chi connectivity index (χ0) is 11.7. The molecule has 0 amide bonds. The Morgan fingerprint density at radius 3 is 2.75 bits per heavy atom. The average molecular weight is 217 g/mol. The van der Waals surface area contributed by atoms with Crippen molar-refractivity contribution in [3.8, 4) is 11.1 Å². The van der Waals surface area contributed by atoms with E-state index in [0.29, 0.717) is 5.56 Å². The fourth-order valence-electron chi connectivity index (χ4n) is 1.53. The van der Waals surface area contributed by atoms with Crippen LogP contribution in [0.25, 0.3) is 11.1 Å². The van der Waals surface area contributed by atoms with Crippen molar-refractivity contribution in [1.29, 1.82) is 0 Å². The topological polar surface area (TPSA) is 68.0 Å². The summed E-state index contributed by atoms with van der Waals surface area (Å²) in [6.07, 6.45) is 4.79. The number of hydrogen-bond acceptors (Lipinski definition) is 3. The monoisotopic (exact) mass is 217 g/mol. The van der Waals surface area contributed by atoms with E-state index in [1.165, 1.54) is 6.20 Å². The number of hydrogen-bond donors (Lipinski definition) is 1. The molecule has 0 radical (unpaired) electrons. The second kappa shape index (κ2) is 3.77. The molecule has 0 aliphatic heterocycles. The van der Waals surface area contributed by atoms with Gasteiger partial charge in [0, 0.05) is 36.3 Å². The maximum absolute atomic E-state index is 11.0. The van der Waals surface area contributed by atoms with Crippen LogP contribution in [0.1, 0.15) is 16.1 Å². The van der Waals surface area contributed by atoms with Gasteiger partial charge in [0.25, 0.3) is 0 Å². The summed E-state index contributed by atoms with van der Waals surface area (Å²) in [5, 5.41) is 13.1. The van der Waals surface area contributed by atoms with Crippen LogP contribution in [-0.4, -0.2) is 25.8 Å². The van der Waals surface area contributed by atoms with Crippen LogP contribution in [0.5, 0.6) is 0 Å². The van der Waals surface area contributed by atoms with Crippen molar-refractivity contribution in [2.45, 2.75) is 6.92 Å². The predicted molar refractivity (Wildman–Crippen MR) is 58.1 cm³/mol. The normalized spacial score (nSPS) is 10.4. The summed E-state index contributed by atoms with van der Waals surface area (Å²) >= 11 is 0. The molecule has 0 fully saturated rings. The number of aromatic carboxylic acids is 1. The molecule has 0 aromatic carbocycles. The zero-order valence-corrected chi connectivity index (χ0v) is 9.01. The van der Waals surface area contributed by atoms with Crippen molar-refractivity contribution in [2.24, 2.45) is 7.05 Å². The molecule has 82 valence electrons. The Hall–Kier alpha value is -2.17. The van der Waals surface area contributed by atoms with E-state index in [-0.39, 0.29) is 5.56 Å². The van der Waals surface area contributed by atoms with Gasteiger partial charge >= 0.3 is 5.97 Å². The number of carbonyl (C=O) groups is 1. The first-order chi connectivity index (χ1) is 7.58. The minimum absolute atomic E-state index is 0.193. The maximum Gasteiger partial charge on any atom is 0.337 e. The smallest absolute Gasteiger partial charge is 0.337 e. The number of carboxylic acids is 1. The quantitative estimate of drug-likeness (QED) is 0.827. The minimum Gasteiger partial charge on any atom is -0.478 e. The third kappa shape index (κ3) is 1.79. The van der Waals surface area contributed by atoms with Gasteiger partial charge in [0.2, 0.25) is 0 Å². The molecule has 0 atom stereocenters. The van der Waals surface area contributed by atoms with Gasteiger partial charge in [-0.05, 0) is 13.0 Å². The summed E-state index contributed by atoms with van der Waals surface area (Å²) in [5.74, 6) is -0.980. The van der Waals surface area contributed by atoms with Crippen LogP contribution in [0.3, 0.4) is 0 Å². The molecule has 0 saturated heterocycles. The van der Waals surface area contributed by atoms with Crippen LogP contribution >= 0.6 is 0 Å². The summed E-state index contributed by atoms with van der Waals surface area (Å²) in [6, 6.07) is 1.75. The Bertz CT molecular complexity index is 546. The van der Waals surface area contributed by atoms with Crippen molar-refractivity contribution in [3.05, 3.63) is 35.9 Å². The van der Waals surface area contributed by atoms with E-state index >= 15 is 0 Å². The van der Waals surface area contributed by atoms with Crippen LogP contribution in [0.15, 0.2) is 24.7 Å². The zero-order valence-electron chi connectivity index (χ0n) is 9.01. The highest BCUT2D eigenvalue weighted by Crippen LogP contribution is 2.23. The van der Waals surface area contributed by atoms with Crippen LogP contribution in [-0.2, 0) is 7.05 Å². The molecule has 0 bridgehead atoms. The van der Waals surface area contributed by atoms with E-state index in [9.17, 15) is 4.79 Å². The Kier molecular flexibility index (Phi) is 2.44. The molecule has 0 spiro atoms. The molecule has 0 aliphatic carbocycles. The Labute approximate surface area is 92.4 Å². The molecule has 5 heteroatoms. The van der Waals surface area contributed by atoms with Crippen molar-refractivity contribution >= 4 is 5.97 Å². The molecule has 5 nitrogen and oxygen atoms in total.